The number of hydrogen-bond donors (Lipinski definition) is 1. The summed E-state index contributed by atoms with van der Waals surface area (Å²) in [5, 5.41) is 13.5. The van der Waals surface area contributed by atoms with Crippen LogP contribution in [-0.2, 0) is 19.2 Å². The maximum Gasteiger partial charge on any atom is 0.329 e. The summed E-state index contributed by atoms with van der Waals surface area (Å²) >= 11 is 0. The van der Waals surface area contributed by atoms with Gasteiger partial charge in [-0.25, -0.2) is 15.0 Å². The van der Waals surface area contributed by atoms with E-state index in [0.717, 1.165) is 17.3 Å². The summed E-state index contributed by atoms with van der Waals surface area (Å²) in [7, 11) is -3.20. The number of benzene rings is 1. The molecular weight excluding hydrogens is 602 g/mol. The molecule has 1 aliphatic rings. The van der Waals surface area contributed by atoms with Crippen LogP contribution in [0.2, 0.25) is 18.1 Å². The summed E-state index contributed by atoms with van der Waals surface area (Å²) in [5.41, 5.74) is 3.98. The molecule has 10 nitrogen and oxygen atoms in total. The molecule has 1 radical (unpaired) electrons. The minimum absolute atomic E-state index is 0.0338. The molecule has 3 aromatic rings. The normalized spacial score (nSPS) is 16.7. The number of pyridine rings is 1. The molecule has 1 N–H and O–H groups in total. The highest BCUT2D eigenvalue weighted by Crippen LogP contribution is 2.46. The van der Waals surface area contributed by atoms with Gasteiger partial charge in [-0.1, -0.05) is 27.7 Å². The summed E-state index contributed by atoms with van der Waals surface area (Å²) in [6.07, 6.45) is 2.24. The zero-order chi connectivity index (χ0) is 33.4. The van der Waals surface area contributed by atoms with Gasteiger partial charge in [-0.2, -0.15) is 5.26 Å². The smallest absolute Gasteiger partial charge is 0.329 e. The van der Waals surface area contributed by atoms with Crippen LogP contribution in [0.15, 0.2) is 36.5 Å². The number of carbonyl (C=O) groups excluding carboxylic acids is 1. The molecule has 0 bridgehead atoms. The molecule has 4 rings (SSSR count). The van der Waals surface area contributed by atoms with Gasteiger partial charge >= 0.3 is 7.41 Å². The number of anilines is 3. The third-order valence-corrected chi connectivity index (χ3v) is 14.3. The molecule has 13 heteroatoms. The van der Waals surface area contributed by atoms with Gasteiger partial charge < -0.3 is 28.7 Å². The molecule has 0 aliphatic carbocycles. The van der Waals surface area contributed by atoms with Crippen molar-refractivity contribution < 1.29 is 18.5 Å². The van der Waals surface area contributed by atoms with Crippen molar-refractivity contribution in [1.29, 1.82) is 5.26 Å². The van der Waals surface area contributed by atoms with Crippen LogP contribution in [-0.4, -0.2) is 69.5 Å². The standard InChI is InChI=1S/C32H43BN6O4PSi/c1-21(2)43-29-26(11-12-27(38-29)44(7,8)41)37-30-35-14-13-25(36-30)22-15-23(17-34)28-24(16-22)32(6,18-39(28)33-20-40)19-42-45(9,10)31(3,4)5/h11-16,20-21H,18-19H2,1-10H3,(H,35,36,37)/t32-/m1/s1. The van der Waals surface area contributed by atoms with Crippen molar-refractivity contribution in [1.82, 2.24) is 15.0 Å². The second-order valence-corrected chi connectivity index (χ2v) is 22.0. The molecule has 3 heterocycles. The summed E-state index contributed by atoms with van der Waals surface area (Å²) in [4.78, 5) is 27.2. The Bertz CT molecular complexity index is 1680. The van der Waals surface area contributed by atoms with Gasteiger partial charge in [0, 0.05) is 36.0 Å². The van der Waals surface area contributed by atoms with E-state index < -0.39 is 20.9 Å². The maximum absolute atomic E-state index is 12.7. The highest BCUT2D eigenvalue weighted by Gasteiger charge is 2.44. The molecule has 0 saturated carbocycles. The molecule has 1 aromatic carbocycles. The Kier molecular flexibility index (Phi) is 9.70. The van der Waals surface area contributed by atoms with Crippen LogP contribution in [0.5, 0.6) is 5.88 Å². The monoisotopic (exact) mass is 645 g/mol. The third-order valence-electron chi connectivity index (χ3n) is 8.43. The van der Waals surface area contributed by atoms with Crippen molar-refractivity contribution in [2.45, 2.75) is 71.2 Å². The molecule has 0 fully saturated rings. The fourth-order valence-electron chi connectivity index (χ4n) is 4.90. The number of nitriles is 1. The highest BCUT2D eigenvalue weighted by atomic mass is 31.2. The number of aromatic nitrogens is 3. The lowest BCUT2D eigenvalue weighted by Gasteiger charge is -2.39. The van der Waals surface area contributed by atoms with Gasteiger partial charge in [-0.05, 0) is 81.2 Å². The molecule has 2 aromatic heterocycles. The van der Waals surface area contributed by atoms with E-state index in [1.807, 2.05) is 24.7 Å². The number of hydrogen-bond acceptors (Lipinski definition) is 10. The number of ether oxygens (including phenoxy) is 1. The van der Waals surface area contributed by atoms with Crippen molar-refractivity contribution in [3.05, 3.63) is 47.7 Å². The highest BCUT2D eigenvalue weighted by molar-refractivity contribution is 7.69. The van der Waals surface area contributed by atoms with E-state index in [4.69, 9.17) is 14.1 Å². The van der Waals surface area contributed by atoms with Crippen LogP contribution in [0.3, 0.4) is 0 Å². The van der Waals surface area contributed by atoms with Crippen LogP contribution in [0.25, 0.3) is 11.3 Å². The number of carbonyl (C=O) groups is 1. The van der Waals surface area contributed by atoms with Crippen molar-refractivity contribution in [3.63, 3.8) is 0 Å². The van der Waals surface area contributed by atoms with Crippen LogP contribution in [0.4, 0.5) is 17.3 Å². The largest absolute Gasteiger partial charge is 0.473 e. The molecule has 0 unspecified atom stereocenters. The Morgan fingerprint density at radius 3 is 2.53 bits per heavy atom. The second kappa shape index (κ2) is 12.7. The van der Waals surface area contributed by atoms with Gasteiger partial charge in [0.1, 0.15) is 30.5 Å². The Morgan fingerprint density at radius 2 is 1.93 bits per heavy atom. The van der Waals surface area contributed by atoms with Crippen molar-refractivity contribution >= 4 is 51.8 Å². The van der Waals surface area contributed by atoms with E-state index in [1.165, 1.54) is 7.41 Å². The van der Waals surface area contributed by atoms with Gasteiger partial charge in [0.25, 0.3) is 0 Å². The Labute approximate surface area is 268 Å². The molecule has 0 amide bonds. The minimum atomic E-state index is -2.60. The first-order valence-corrected chi connectivity index (χ1v) is 20.5. The number of fused-ring (bicyclic) bond motifs is 1. The first-order chi connectivity index (χ1) is 20.9. The van der Waals surface area contributed by atoms with E-state index in [0.29, 0.717) is 53.0 Å². The van der Waals surface area contributed by atoms with E-state index in [1.54, 1.807) is 43.8 Å². The minimum Gasteiger partial charge on any atom is -0.473 e. The Morgan fingerprint density at radius 1 is 1.22 bits per heavy atom. The molecule has 237 valence electrons. The first kappa shape index (κ1) is 34.4. The van der Waals surface area contributed by atoms with Crippen LogP contribution >= 0.6 is 7.14 Å². The molecule has 45 heavy (non-hydrogen) atoms. The Balaban J connectivity index is 1.75. The second-order valence-electron chi connectivity index (χ2n) is 14.0. The molecule has 0 saturated heterocycles. The average Bonchev–Trinajstić information content (AvgIpc) is 3.23. The zero-order valence-electron chi connectivity index (χ0n) is 27.9. The van der Waals surface area contributed by atoms with Gasteiger partial charge in [0.2, 0.25) is 11.8 Å². The molecule has 1 atom stereocenters. The zero-order valence-corrected chi connectivity index (χ0v) is 29.8. The summed E-state index contributed by atoms with van der Waals surface area (Å²) in [5.74, 6) is 0.625. The van der Waals surface area contributed by atoms with E-state index >= 15 is 0 Å². The molecular formula is C32H43BN6O4PSi. The lowest BCUT2D eigenvalue weighted by Crippen LogP contribution is -2.46. The maximum atomic E-state index is 12.7. The molecule has 0 spiro atoms. The summed E-state index contributed by atoms with van der Waals surface area (Å²) < 4.78 is 25.3. The van der Waals surface area contributed by atoms with Crippen molar-refractivity contribution in [2.24, 2.45) is 0 Å². The fraction of sp³-hybridized carbons (Fsp3) is 0.469. The fourth-order valence-corrected chi connectivity index (χ4v) is 6.77. The van der Waals surface area contributed by atoms with E-state index in [-0.39, 0.29) is 11.1 Å². The van der Waals surface area contributed by atoms with Crippen LogP contribution in [0, 0.1) is 11.3 Å². The Hall–Kier alpha value is -3.52. The summed E-state index contributed by atoms with van der Waals surface area (Å²) in [6, 6.07) is 11.5. The average molecular weight is 646 g/mol. The van der Waals surface area contributed by atoms with Gasteiger partial charge in [0.15, 0.2) is 8.32 Å². The quantitative estimate of drug-likeness (QED) is 0.148. The predicted molar refractivity (Wildman–Crippen MR) is 185 cm³/mol. The molecule has 1 aliphatic heterocycles. The van der Waals surface area contributed by atoms with Crippen molar-refractivity contribution in [2.75, 3.05) is 36.6 Å². The topological polar surface area (TPSA) is 130 Å². The first-order valence-electron chi connectivity index (χ1n) is 15.0. The summed E-state index contributed by atoms with van der Waals surface area (Å²) in [6.45, 7) is 21.3. The van der Waals surface area contributed by atoms with Crippen LogP contribution < -0.4 is 20.3 Å². The van der Waals surface area contributed by atoms with E-state index in [2.05, 4.69) is 62.1 Å². The lowest BCUT2D eigenvalue weighted by atomic mass is 9.83. The lowest BCUT2D eigenvalue weighted by molar-refractivity contribution is 0.219. The number of nitrogens with one attached hydrogen (secondary N) is 1. The van der Waals surface area contributed by atoms with Crippen LogP contribution in [0.1, 0.15) is 52.7 Å². The number of rotatable bonds is 11. The van der Waals surface area contributed by atoms with Gasteiger partial charge in [-0.3, -0.25) is 0 Å². The number of nitrogens with zero attached hydrogens (tertiary/aromatic N) is 5. The SMILES string of the molecule is CC(C)Oc1nc(P(C)(C)=O)ccc1Nc1nccc(-c2cc(C#N)c3c(c2)[C@@](C)(CO[Si](C)(C)C(C)(C)C)CN3[B]C=O)n1. The van der Waals surface area contributed by atoms with Gasteiger partial charge in [-0.15, -0.1) is 0 Å². The third kappa shape index (κ3) is 7.49. The van der Waals surface area contributed by atoms with E-state index in [9.17, 15) is 14.6 Å². The predicted octanol–water partition coefficient (Wildman–Crippen LogP) is 6.10. The van der Waals surface area contributed by atoms with Gasteiger partial charge in [0.05, 0.1) is 17.4 Å². The van der Waals surface area contributed by atoms with Crippen molar-refractivity contribution in [3.8, 4) is 23.2 Å².